The Morgan fingerprint density at radius 3 is 2.33 bits per heavy atom. The smallest absolute Gasteiger partial charge is 0.329 e. The van der Waals surface area contributed by atoms with Gasteiger partial charge in [-0.2, -0.15) is 5.10 Å². The highest BCUT2D eigenvalue weighted by atomic mass is 79.9. The summed E-state index contributed by atoms with van der Waals surface area (Å²) < 4.78 is 12.3. The second-order valence-electron chi connectivity index (χ2n) is 7.00. The quantitative estimate of drug-likeness (QED) is 0.262. The first kappa shape index (κ1) is 24.0. The molecule has 3 rings (SSSR count). The van der Waals surface area contributed by atoms with Crippen molar-refractivity contribution in [3.63, 3.8) is 0 Å². The summed E-state index contributed by atoms with van der Waals surface area (Å²) >= 11 is 3.41. The summed E-state index contributed by atoms with van der Waals surface area (Å²) in [5.41, 5.74) is 5.47. The van der Waals surface area contributed by atoms with Gasteiger partial charge in [0.2, 0.25) is 0 Å². The predicted molar refractivity (Wildman–Crippen MR) is 132 cm³/mol. The Kier molecular flexibility index (Phi) is 8.60. The van der Waals surface area contributed by atoms with Crippen molar-refractivity contribution in [2.24, 2.45) is 5.10 Å². The summed E-state index contributed by atoms with van der Waals surface area (Å²) in [7, 11) is 1.54. The highest BCUT2D eigenvalue weighted by Crippen LogP contribution is 2.31. The molecular weight excluding hydrogens is 486 g/mol. The summed E-state index contributed by atoms with van der Waals surface area (Å²) in [6, 6.07) is 20.4. The van der Waals surface area contributed by atoms with E-state index in [0.717, 1.165) is 22.0 Å². The van der Waals surface area contributed by atoms with E-state index in [-0.39, 0.29) is 0 Å². The number of benzene rings is 3. The molecule has 3 aromatic rings. The third-order valence-corrected chi connectivity index (χ3v) is 5.25. The fraction of sp³-hybridized carbons (Fsp3) is 0.160. The number of aryl methyl sites for hydroxylation is 1. The minimum absolute atomic E-state index is 0.320. The van der Waals surface area contributed by atoms with Crippen LogP contribution in [0.25, 0.3) is 0 Å². The predicted octanol–water partition coefficient (Wildman–Crippen LogP) is 4.69. The molecule has 2 amide bonds. The number of carbonyl (C=O) groups is 2. The topological polar surface area (TPSA) is 89.0 Å². The second kappa shape index (κ2) is 11.8. The van der Waals surface area contributed by atoms with E-state index in [9.17, 15) is 9.59 Å². The summed E-state index contributed by atoms with van der Waals surface area (Å²) in [6.07, 6.45) is 2.29. The molecule has 7 nitrogen and oxygen atoms in total. The molecular formula is C25H24BrN3O4. The van der Waals surface area contributed by atoms with Crippen molar-refractivity contribution in [1.82, 2.24) is 5.43 Å². The largest absolute Gasteiger partial charge is 0.493 e. The van der Waals surface area contributed by atoms with E-state index in [1.54, 1.807) is 37.4 Å². The minimum Gasteiger partial charge on any atom is -0.493 e. The number of halogens is 1. The van der Waals surface area contributed by atoms with E-state index >= 15 is 0 Å². The zero-order valence-corrected chi connectivity index (χ0v) is 19.9. The molecule has 3 aromatic carbocycles. The van der Waals surface area contributed by atoms with Crippen molar-refractivity contribution < 1.29 is 19.1 Å². The summed E-state index contributed by atoms with van der Waals surface area (Å²) in [5, 5.41) is 6.45. The first-order valence-corrected chi connectivity index (χ1v) is 11.1. The van der Waals surface area contributed by atoms with Crippen molar-refractivity contribution in [3.05, 3.63) is 87.9 Å². The maximum Gasteiger partial charge on any atom is 0.329 e. The van der Waals surface area contributed by atoms with Crippen LogP contribution in [0.4, 0.5) is 5.69 Å². The molecule has 0 heterocycles. The fourth-order valence-corrected chi connectivity index (χ4v) is 3.17. The monoisotopic (exact) mass is 509 g/mol. The molecule has 2 N–H and O–H groups in total. The van der Waals surface area contributed by atoms with Crippen molar-refractivity contribution in [2.45, 2.75) is 20.0 Å². The molecule has 0 bridgehead atoms. The number of amides is 2. The first-order valence-electron chi connectivity index (χ1n) is 10.3. The van der Waals surface area contributed by atoms with Crippen LogP contribution < -0.4 is 20.2 Å². The third kappa shape index (κ3) is 6.92. The number of hydrogen-bond acceptors (Lipinski definition) is 5. The molecule has 0 unspecified atom stereocenters. The minimum atomic E-state index is -0.883. The van der Waals surface area contributed by atoms with Crippen molar-refractivity contribution in [2.75, 3.05) is 12.4 Å². The number of ether oxygens (including phenoxy) is 2. The molecule has 0 atom stereocenters. The van der Waals surface area contributed by atoms with Gasteiger partial charge in [0, 0.05) is 15.7 Å². The standard InChI is InChI=1S/C25H24BrN3O4/c1-3-17-9-13-21(14-10-17)28-24(30)25(31)29-27-15-19-5-4-6-22(32-2)23(19)33-16-18-7-11-20(26)12-8-18/h4-15H,3,16H2,1-2H3,(H,28,30)(H,29,31)/b27-15-. The van der Waals surface area contributed by atoms with Crippen LogP contribution in [-0.2, 0) is 22.6 Å². The first-order chi connectivity index (χ1) is 16.0. The average Bonchev–Trinajstić information content (AvgIpc) is 2.84. The van der Waals surface area contributed by atoms with E-state index in [0.29, 0.717) is 29.4 Å². The lowest BCUT2D eigenvalue weighted by molar-refractivity contribution is -0.136. The highest BCUT2D eigenvalue weighted by molar-refractivity contribution is 9.10. The van der Waals surface area contributed by atoms with E-state index in [1.807, 2.05) is 43.3 Å². The molecule has 8 heteroatoms. The maximum absolute atomic E-state index is 12.1. The van der Waals surface area contributed by atoms with Crippen molar-refractivity contribution >= 4 is 39.6 Å². The molecule has 33 heavy (non-hydrogen) atoms. The lowest BCUT2D eigenvalue weighted by Gasteiger charge is -2.13. The van der Waals surface area contributed by atoms with E-state index in [4.69, 9.17) is 9.47 Å². The Morgan fingerprint density at radius 1 is 0.970 bits per heavy atom. The summed E-state index contributed by atoms with van der Waals surface area (Å²) in [5.74, 6) is -0.697. The average molecular weight is 510 g/mol. The highest BCUT2D eigenvalue weighted by Gasteiger charge is 2.14. The SMILES string of the molecule is CCc1ccc(NC(=O)C(=O)N/N=C\c2cccc(OC)c2OCc2ccc(Br)cc2)cc1. The van der Waals surface area contributed by atoms with Crippen LogP contribution in [-0.4, -0.2) is 25.1 Å². The maximum atomic E-state index is 12.1. The van der Waals surface area contributed by atoms with Gasteiger partial charge in [-0.05, 0) is 53.9 Å². The Morgan fingerprint density at radius 2 is 1.67 bits per heavy atom. The van der Waals surface area contributed by atoms with Gasteiger partial charge in [-0.15, -0.1) is 0 Å². The number of para-hydroxylation sites is 1. The van der Waals surface area contributed by atoms with Crippen molar-refractivity contribution in [3.8, 4) is 11.5 Å². The molecule has 0 aromatic heterocycles. The molecule has 0 saturated carbocycles. The number of anilines is 1. The Bertz CT molecular complexity index is 1130. The fourth-order valence-electron chi connectivity index (χ4n) is 2.91. The summed E-state index contributed by atoms with van der Waals surface area (Å²) in [4.78, 5) is 24.2. The lowest BCUT2D eigenvalue weighted by Crippen LogP contribution is -2.32. The number of methoxy groups -OCH3 is 1. The Hall–Kier alpha value is -3.65. The van der Waals surface area contributed by atoms with Gasteiger partial charge in [0.25, 0.3) is 0 Å². The molecule has 0 radical (unpaired) electrons. The van der Waals surface area contributed by atoms with Crippen LogP contribution in [0.5, 0.6) is 11.5 Å². The van der Waals surface area contributed by atoms with Gasteiger partial charge in [0.05, 0.1) is 13.3 Å². The Balaban J connectivity index is 1.63. The van der Waals surface area contributed by atoms with Crippen LogP contribution in [0.1, 0.15) is 23.6 Å². The lowest BCUT2D eigenvalue weighted by atomic mass is 10.1. The van der Waals surface area contributed by atoms with Crippen LogP contribution in [0.15, 0.2) is 76.3 Å². The number of hydrazone groups is 1. The molecule has 0 aliphatic heterocycles. The van der Waals surface area contributed by atoms with Crippen molar-refractivity contribution in [1.29, 1.82) is 0 Å². The zero-order chi connectivity index (χ0) is 23.6. The molecule has 0 aliphatic rings. The van der Waals surface area contributed by atoms with Gasteiger partial charge >= 0.3 is 11.8 Å². The van der Waals surface area contributed by atoms with Gasteiger partial charge < -0.3 is 14.8 Å². The molecule has 0 spiro atoms. The third-order valence-electron chi connectivity index (χ3n) is 4.72. The van der Waals surface area contributed by atoms with Gasteiger partial charge in [-0.3, -0.25) is 9.59 Å². The van der Waals surface area contributed by atoms with Gasteiger partial charge in [0.15, 0.2) is 11.5 Å². The van der Waals surface area contributed by atoms with Gasteiger partial charge in [-0.1, -0.05) is 53.2 Å². The second-order valence-corrected chi connectivity index (χ2v) is 7.91. The van der Waals surface area contributed by atoms with E-state index in [1.165, 1.54) is 6.21 Å². The normalized spacial score (nSPS) is 10.6. The number of nitrogens with zero attached hydrogens (tertiary/aromatic N) is 1. The van der Waals surface area contributed by atoms with Gasteiger partial charge in [0.1, 0.15) is 6.61 Å². The number of carbonyl (C=O) groups excluding carboxylic acids is 2. The Labute approximate surface area is 200 Å². The molecule has 170 valence electrons. The number of nitrogens with one attached hydrogen (secondary N) is 2. The number of hydrogen-bond donors (Lipinski definition) is 2. The van der Waals surface area contributed by atoms with Crippen LogP contribution in [0, 0.1) is 0 Å². The van der Waals surface area contributed by atoms with Gasteiger partial charge in [-0.25, -0.2) is 5.43 Å². The molecule has 0 aliphatic carbocycles. The zero-order valence-electron chi connectivity index (χ0n) is 18.3. The molecule has 0 saturated heterocycles. The summed E-state index contributed by atoms with van der Waals surface area (Å²) in [6.45, 7) is 2.36. The van der Waals surface area contributed by atoms with Crippen LogP contribution in [0.2, 0.25) is 0 Å². The van der Waals surface area contributed by atoms with E-state index < -0.39 is 11.8 Å². The van der Waals surface area contributed by atoms with Crippen LogP contribution in [0.3, 0.4) is 0 Å². The molecule has 0 fully saturated rings. The van der Waals surface area contributed by atoms with E-state index in [2.05, 4.69) is 31.8 Å². The number of rotatable bonds is 8. The van der Waals surface area contributed by atoms with Crippen LogP contribution >= 0.6 is 15.9 Å².